The maximum atomic E-state index is 13.8. The Kier molecular flexibility index (Phi) is 4.51. The topological polar surface area (TPSA) is 75.9 Å². The number of rotatable bonds is 4. The van der Waals surface area contributed by atoms with Gasteiger partial charge in [0.05, 0.1) is 5.69 Å². The molecule has 5 nitrogen and oxygen atoms in total. The molecule has 0 amide bonds. The molecule has 0 aliphatic rings. The quantitative estimate of drug-likeness (QED) is 0.586. The Morgan fingerprint density at radius 2 is 1.95 bits per heavy atom. The highest BCUT2D eigenvalue weighted by Crippen LogP contribution is 2.28. The van der Waals surface area contributed by atoms with Crippen LogP contribution >= 0.6 is 15.9 Å². The molecule has 4 N–H and O–H groups in total. The zero-order valence-corrected chi connectivity index (χ0v) is 12.7. The second kappa shape index (κ2) is 6.15. The van der Waals surface area contributed by atoms with Crippen LogP contribution < -0.4 is 16.6 Å². The van der Waals surface area contributed by atoms with Gasteiger partial charge in [-0.3, -0.25) is 0 Å². The first kappa shape index (κ1) is 14.7. The fraction of sp³-hybridized carbons (Fsp3) is 0.231. The fourth-order valence-corrected chi connectivity index (χ4v) is 2.05. The van der Waals surface area contributed by atoms with E-state index < -0.39 is 0 Å². The third-order valence-electron chi connectivity index (χ3n) is 2.62. The first-order valence-corrected chi connectivity index (χ1v) is 6.87. The molecule has 2 aromatic rings. The summed E-state index contributed by atoms with van der Waals surface area (Å²) in [7, 11) is 0. The second-order valence-electron chi connectivity index (χ2n) is 4.52. The van der Waals surface area contributed by atoms with E-state index >= 15 is 0 Å². The largest absolute Gasteiger partial charge is 0.337 e. The van der Waals surface area contributed by atoms with Crippen LogP contribution in [0.3, 0.4) is 0 Å². The van der Waals surface area contributed by atoms with E-state index in [4.69, 9.17) is 5.84 Å². The zero-order chi connectivity index (χ0) is 14.7. The molecule has 0 fully saturated rings. The van der Waals surface area contributed by atoms with Gasteiger partial charge in [0, 0.05) is 16.5 Å². The number of hydrogen-bond acceptors (Lipinski definition) is 5. The zero-order valence-electron chi connectivity index (χ0n) is 11.1. The molecule has 0 aliphatic carbocycles. The van der Waals surface area contributed by atoms with E-state index in [0.717, 1.165) is 0 Å². The van der Waals surface area contributed by atoms with Crippen LogP contribution in [0.5, 0.6) is 0 Å². The molecule has 0 saturated heterocycles. The maximum absolute atomic E-state index is 13.8. The van der Waals surface area contributed by atoms with Crippen LogP contribution in [0.4, 0.5) is 21.7 Å². The Balaban J connectivity index is 2.40. The summed E-state index contributed by atoms with van der Waals surface area (Å²) in [6, 6.07) is 6.36. The average Bonchev–Trinajstić information content (AvgIpc) is 2.42. The standard InChI is InChI=1S/C13H15BrFN5/c1-7(2)13-18-10(6-11(19-13)20-16)17-12-8(14)4-3-5-9(12)15/h3-7H,16H2,1-2H3,(H2,17,18,19,20). The minimum absolute atomic E-state index is 0.132. The third-order valence-corrected chi connectivity index (χ3v) is 3.28. The number of anilines is 3. The van der Waals surface area contributed by atoms with Crippen LogP contribution in [0.1, 0.15) is 25.6 Å². The summed E-state index contributed by atoms with van der Waals surface area (Å²) < 4.78 is 14.4. The fourth-order valence-electron chi connectivity index (χ4n) is 1.61. The highest BCUT2D eigenvalue weighted by atomic mass is 79.9. The number of nitrogens with one attached hydrogen (secondary N) is 2. The molecule has 0 bridgehead atoms. The van der Waals surface area contributed by atoms with E-state index in [1.807, 2.05) is 13.8 Å². The average molecular weight is 340 g/mol. The van der Waals surface area contributed by atoms with Gasteiger partial charge in [0.1, 0.15) is 23.3 Å². The SMILES string of the molecule is CC(C)c1nc(NN)cc(Nc2c(F)cccc2Br)n1. The number of hydrogen-bond donors (Lipinski definition) is 3. The molecule has 0 spiro atoms. The predicted molar refractivity (Wildman–Crippen MR) is 81.3 cm³/mol. The van der Waals surface area contributed by atoms with Crippen molar-refractivity contribution in [1.29, 1.82) is 0 Å². The van der Waals surface area contributed by atoms with Gasteiger partial charge < -0.3 is 10.7 Å². The summed E-state index contributed by atoms with van der Waals surface area (Å²) in [5.74, 6) is 6.72. The van der Waals surface area contributed by atoms with Crippen LogP contribution in [0.2, 0.25) is 0 Å². The van der Waals surface area contributed by atoms with Crippen molar-refractivity contribution in [1.82, 2.24) is 9.97 Å². The van der Waals surface area contributed by atoms with E-state index in [1.165, 1.54) is 6.07 Å². The smallest absolute Gasteiger partial charge is 0.147 e. The second-order valence-corrected chi connectivity index (χ2v) is 5.37. The Hall–Kier alpha value is -1.73. The highest BCUT2D eigenvalue weighted by Gasteiger charge is 2.11. The normalized spacial score (nSPS) is 10.7. The lowest BCUT2D eigenvalue weighted by molar-refractivity contribution is 0.631. The van der Waals surface area contributed by atoms with Gasteiger partial charge in [-0.25, -0.2) is 20.2 Å². The molecule has 0 aliphatic heterocycles. The lowest BCUT2D eigenvalue weighted by Gasteiger charge is -2.12. The summed E-state index contributed by atoms with van der Waals surface area (Å²) in [6.07, 6.45) is 0. The van der Waals surface area contributed by atoms with Gasteiger partial charge in [-0.2, -0.15) is 0 Å². The number of nitrogen functional groups attached to an aromatic ring is 1. The predicted octanol–water partition coefficient (Wildman–Crippen LogP) is 3.53. The van der Waals surface area contributed by atoms with E-state index in [0.29, 0.717) is 27.6 Å². The van der Waals surface area contributed by atoms with Gasteiger partial charge in [0.15, 0.2) is 0 Å². The van der Waals surface area contributed by atoms with Crippen molar-refractivity contribution in [3.63, 3.8) is 0 Å². The molecule has 0 atom stereocenters. The van der Waals surface area contributed by atoms with Crippen LogP contribution in [0.15, 0.2) is 28.7 Å². The van der Waals surface area contributed by atoms with Crippen molar-refractivity contribution in [3.05, 3.63) is 40.4 Å². The number of hydrazine groups is 1. The van der Waals surface area contributed by atoms with Crippen molar-refractivity contribution in [3.8, 4) is 0 Å². The van der Waals surface area contributed by atoms with Crippen molar-refractivity contribution in [2.24, 2.45) is 5.84 Å². The number of halogens is 2. The summed E-state index contributed by atoms with van der Waals surface area (Å²) in [4.78, 5) is 8.60. The van der Waals surface area contributed by atoms with E-state index in [2.05, 4.69) is 36.6 Å². The van der Waals surface area contributed by atoms with Crippen LogP contribution in [0.25, 0.3) is 0 Å². The van der Waals surface area contributed by atoms with Crippen LogP contribution in [0, 0.1) is 5.82 Å². The molecule has 1 aromatic carbocycles. The van der Waals surface area contributed by atoms with E-state index in [-0.39, 0.29) is 11.7 Å². The monoisotopic (exact) mass is 339 g/mol. The number of nitrogens with two attached hydrogens (primary N) is 1. The number of para-hydroxylation sites is 1. The lowest BCUT2D eigenvalue weighted by Crippen LogP contribution is -2.12. The van der Waals surface area contributed by atoms with E-state index in [9.17, 15) is 4.39 Å². The highest BCUT2D eigenvalue weighted by molar-refractivity contribution is 9.10. The molecular weight excluding hydrogens is 325 g/mol. The summed E-state index contributed by atoms with van der Waals surface area (Å²) in [5.41, 5.74) is 2.80. The summed E-state index contributed by atoms with van der Waals surface area (Å²) in [6.45, 7) is 3.94. The number of nitrogens with zero attached hydrogens (tertiary/aromatic N) is 2. The molecule has 1 aromatic heterocycles. The van der Waals surface area contributed by atoms with Crippen molar-refractivity contribution in [2.45, 2.75) is 19.8 Å². The third kappa shape index (κ3) is 3.23. The summed E-state index contributed by atoms with van der Waals surface area (Å²) in [5, 5.41) is 2.94. The van der Waals surface area contributed by atoms with Gasteiger partial charge in [-0.15, -0.1) is 0 Å². The number of benzene rings is 1. The first-order chi connectivity index (χ1) is 9.51. The van der Waals surface area contributed by atoms with Crippen molar-refractivity contribution in [2.75, 3.05) is 10.7 Å². The molecule has 0 radical (unpaired) electrons. The van der Waals surface area contributed by atoms with Crippen LogP contribution in [-0.2, 0) is 0 Å². The van der Waals surface area contributed by atoms with E-state index in [1.54, 1.807) is 18.2 Å². The Labute approximate surface area is 124 Å². The lowest BCUT2D eigenvalue weighted by atomic mass is 10.2. The molecule has 106 valence electrons. The first-order valence-electron chi connectivity index (χ1n) is 6.08. The minimum atomic E-state index is -0.369. The van der Waals surface area contributed by atoms with Gasteiger partial charge in [0.2, 0.25) is 0 Å². The molecular formula is C13H15BrFN5. The molecule has 0 unspecified atom stereocenters. The molecule has 1 heterocycles. The Bertz CT molecular complexity index is 597. The van der Waals surface area contributed by atoms with Gasteiger partial charge in [-0.05, 0) is 28.1 Å². The van der Waals surface area contributed by atoms with Crippen molar-refractivity contribution >= 4 is 33.3 Å². The maximum Gasteiger partial charge on any atom is 0.147 e. The number of aromatic nitrogens is 2. The van der Waals surface area contributed by atoms with Gasteiger partial charge >= 0.3 is 0 Å². The summed E-state index contributed by atoms with van der Waals surface area (Å²) >= 11 is 3.30. The molecule has 2 rings (SSSR count). The molecule has 7 heteroatoms. The Morgan fingerprint density at radius 3 is 2.55 bits per heavy atom. The Morgan fingerprint density at radius 1 is 1.25 bits per heavy atom. The molecule has 20 heavy (non-hydrogen) atoms. The van der Waals surface area contributed by atoms with Gasteiger partial charge in [-0.1, -0.05) is 19.9 Å². The minimum Gasteiger partial charge on any atom is -0.337 e. The van der Waals surface area contributed by atoms with Gasteiger partial charge in [0.25, 0.3) is 0 Å². The van der Waals surface area contributed by atoms with Crippen LogP contribution in [-0.4, -0.2) is 9.97 Å². The van der Waals surface area contributed by atoms with Crippen molar-refractivity contribution < 1.29 is 4.39 Å². The molecule has 0 saturated carbocycles.